The smallest absolute Gasteiger partial charge is 0.408 e. The Morgan fingerprint density at radius 1 is 1.09 bits per heavy atom. The summed E-state index contributed by atoms with van der Waals surface area (Å²) in [7, 11) is 0. The van der Waals surface area contributed by atoms with Gasteiger partial charge in [0.15, 0.2) is 0 Å². The number of carbonyl (C=O) groups is 3. The minimum Gasteiger partial charge on any atom is -0.444 e. The Kier molecular flexibility index (Phi) is 10.4. The fourth-order valence-corrected chi connectivity index (χ4v) is 3.52. The molecule has 3 N–H and O–H groups in total. The van der Waals surface area contributed by atoms with Gasteiger partial charge in [-0.25, -0.2) is 4.79 Å². The number of nitrogens with one attached hydrogen (secondary N) is 2. The maximum atomic E-state index is 13.7. The summed E-state index contributed by atoms with van der Waals surface area (Å²) in [4.78, 5) is 40.9. The van der Waals surface area contributed by atoms with Crippen molar-refractivity contribution in [2.24, 2.45) is 0 Å². The summed E-state index contributed by atoms with van der Waals surface area (Å²) < 4.78 is 5.25. The van der Waals surface area contributed by atoms with Crippen molar-refractivity contribution >= 4 is 17.9 Å². The normalized spacial score (nSPS) is 14.3. The molecule has 0 fully saturated rings. The molecule has 0 heterocycles. The Morgan fingerprint density at radius 3 is 2.15 bits per heavy atom. The summed E-state index contributed by atoms with van der Waals surface area (Å²) in [6.45, 7) is 15.8. The van der Waals surface area contributed by atoms with Crippen LogP contribution in [0.4, 0.5) is 4.79 Å². The number of alkyl carbamates (subject to hydrolysis) is 1. The molecule has 3 amide bonds. The van der Waals surface area contributed by atoms with Crippen molar-refractivity contribution in [3.05, 3.63) is 34.9 Å². The number of ether oxygens (including phenoxy) is 1. The van der Waals surface area contributed by atoms with Crippen LogP contribution in [0.25, 0.3) is 0 Å². The Bertz CT molecular complexity index is 832. The average Bonchev–Trinajstić information content (AvgIpc) is 2.68. The monoisotopic (exact) mass is 463 g/mol. The van der Waals surface area contributed by atoms with Crippen LogP contribution in [0.15, 0.2) is 18.2 Å². The lowest BCUT2D eigenvalue weighted by molar-refractivity contribution is -0.146. The van der Waals surface area contributed by atoms with Gasteiger partial charge in [0.05, 0.1) is 6.61 Å². The van der Waals surface area contributed by atoms with E-state index in [9.17, 15) is 19.5 Å². The van der Waals surface area contributed by atoms with E-state index >= 15 is 0 Å². The number of aliphatic hydroxyl groups excluding tert-OH is 1. The highest BCUT2D eigenvalue weighted by Gasteiger charge is 2.39. The molecule has 33 heavy (non-hydrogen) atoms. The van der Waals surface area contributed by atoms with Crippen LogP contribution >= 0.6 is 0 Å². The summed E-state index contributed by atoms with van der Waals surface area (Å²) in [6, 6.07) is 3.07. The fourth-order valence-electron chi connectivity index (χ4n) is 3.52. The Hall–Kier alpha value is -2.61. The second kappa shape index (κ2) is 12.0. The zero-order valence-corrected chi connectivity index (χ0v) is 21.5. The lowest BCUT2D eigenvalue weighted by Crippen LogP contribution is -2.57. The quantitative estimate of drug-likeness (QED) is 0.520. The maximum Gasteiger partial charge on any atom is 0.408 e. The molecule has 0 spiro atoms. The third-order valence-corrected chi connectivity index (χ3v) is 5.17. The molecule has 1 aromatic rings. The predicted molar refractivity (Wildman–Crippen MR) is 129 cm³/mol. The molecule has 1 rings (SSSR count). The minimum absolute atomic E-state index is 0.131. The first-order chi connectivity index (χ1) is 15.2. The lowest BCUT2D eigenvalue weighted by atomic mass is 9.95. The van der Waals surface area contributed by atoms with Gasteiger partial charge in [0.2, 0.25) is 11.8 Å². The SMILES string of the molecule is CCC(C)N(C(=O)C(CO)NC(=O)OC(C)(C)C)C(C(=O)NC(C)C)c1ccc(C)cc1C. The number of hydrogen-bond acceptors (Lipinski definition) is 5. The van der Waals surface area contributed by atoms with Gasteiger partial charge in [-0.3, -0.25) is 9.59 Å². The molecule has 0 aromatic heterocycles. The number of aliphatic hydroxyl groups is 1. The van der Waals surface area contributed by atoms with E-state index in [0.717, 1.165) is 11.1 Å². The van der Waals surface area contributed by atoms with Gasteiger partial charge in [-0.15, -0.1) is 0 Å². The molecule has 0 aliphatic rings. The number of rotatable bonds is 9. The van der Waals surface area contributed by atoms with Crippen molar-refractivity contribution in [3.63, 3.8) is 0 Å². The fraction of sp³-hybridized carbons (Fsp3) is 0.640. The van der Waals surface area contributed by atoms with Crippen molar-refractivity contribution in [3.8, 4) is 0 Å². The molecule has 0 radical (unpaired) electrons. The highest BCUT2D eigenvalue weighted by atomic mass is 16.6. The highest BCUT2D eigenvalue weighted by Crippen LogP contribution is 2.29. The topological polar surface area (TPSA) is 108 Å². The second-order valence-electron chi connectivity index (χ2n) is 9.81. The highest BCUT2D eigenvalue weighted by molar-refractivity contribution is 5.92. The molecular formula is C25H41N3O5. The molecule has 0 aliphatic carbocycles. The third kappa shape index (κ3) is 8.35. The van der Waals surface area contributed by atoms with E-state index in [0.29, 0.717) is 12.0 Å². The number of benzene rings is 1. The standard InChI is InChI=1S/C25H41N3O5/c1-10-18(6)28(23(31)20(14-29)27-24(32)33-25(7,8)9)21(22(30)26-15(2)3)19-12-11-16(4)13-17(19)5/h11-13,15,18,20-21,29H,10,14H2,1-9H3,(H,26,30)(H,27,32). The van der Waals surface area contributed by atoms with Crippen LogP contribution in [0.5, 0.6) is 0 Å². The largest absolute Gasteiger partial charge is 0.444 e. The Balaban J connectivity index is 3.49. The Labute approximate surface area is 198 Å². The average molecular weight is 464 g/mol. The van der Waals surface area contributed by atoms with Crippen LogP contribution < -0.4 is 10.6 Å². The van der Waals surface area contributed by atoms with Crippen LogP contribution in [0.2, 0.25) is 0 Å². The predicted octanol–water partition coefficient (Wildman–Crippen LogP) is 3.38. The molecule has 186 valence electrons. The maximum absolute atomic E-state index is 13.7. The first-order valence-corrected chi connectivity index (χ1v) is 11.5. The van der Waals surface area contributed by atoms with Crippen molar-refractivity contribution in [2.45, 2.75) is 98.5 Å². The molecule has 8 heteroatoms. The van der Waals surface area contributed by atoms with Gasteiger partial charge in [0, 0.05) is 12.1 Å². The van der Waals surface area contributed by atoms with E-state index in [-0.39, 0.29) is 18.0 Å². The van der Waals surface area contributed by atoms with Gasteiger partial charge in [-0.05, 0) is 72.9 Å². The van der Waals surface area contributed by atoms with Gasteiger partial charge in [0.1, 0.15) is 17.7 Å². The number of carbonyl (C=O) groups excluding carboxylic acids is 3. The molecule has 3 unspecified atom stereocenters. The van der Waals surface area contributed by atoms with Crippen LogP contribution in [0.1, 0.15) is 77.6 Å². The van der Waals surface area contributed by atoms with E-state index in [1.165, 1.54) is 4.90 Å². The molecule has 0 bridgehead atoms. The Morgan fingerprint density at radius 2 is 1.70 bits per heavy atom. The molecular weight excluding hydrogens is 422 g/mol. The first kappa shape index (κ1) is 28.4. The molecule has 8 nitrogen and oxygen atoms in total. The van der Waals surface area contributed by atoms with Gasteiger partial charge in [-0.1, -0.05) is 30.7 Å². The van der Waals surface area contributed by atoms with Crippen LogP contribution in [0.3, 0.4) is 0 Å². The van der Waals surface area contributed by atoms with Gasteiger partial charge in [-0.2, -0.15) is 0 Å². The molecule has 0 saturated carbocycles. The van der Waals surface area contributed by atoms with Crippen molar-refractivity contribution in [1.82, 2.24) is 15.5 Å². The molecule has 3 atom stereocenters. The van der Waals surface area contributed by atoms with E-state index in [2.05, 4.69) is 10.6 Å². The third-order valence-electron chi connectivity index (χ3n) is 5.17. The first-order valence-electron chi connectivity index (χ1n) is 11.5. The zero-order chi connectivity index (χ0) is 25.5. The van der Waals surface area contributed by atoms with Crippen LogP contribution in [-0.4, -0.2) is 58.2 Å². The van der Waals surface area contributed by atoms with E-state index < -0.39 is 36.3 Å². The van der Waals surface area contributed by atoms with E-state index in [1.807, 2.05) is 59.7 Å². The summed E-state index contributed by atoms with van der Waals surface area (Å²) in [5.41, 5.74) is 1.85. The van der Waals surface area contributed by atoms with Crippen molar-refractivity contribution < 1.29 is 24.2 Å². The van der Waals surface area contributed by atoms with Gasteiger partial charge >= 0.3 is 6.09 Å². The van der Waals surface area contributed by atoms with Crippen LogP contribution in [-0.2, 0) is 14.3 Å². The molecule has 0 saturated heterocycles. The minimum atomic E-state index is -1.26. The van der Waals surface area contributed by atoms with E-state index in [4.69, 9.17) is 4.74 Å². The van der Waals surface area contributed by atoms with Crippen molar-refractivity contribution in [1.29, 1.82) is 0 Å². The summed E-state index contributed by atoms with van der Waals surface area (Å²) in [5.74, 6) is -0.874. The lowest BCUT2D eigenvalue weighted by Gasteiger charge is -2.38. The number of hydrogen-bond donors (Lipinski definition) is 3. The summed E-state index contributed by atoms with van der Waals surface area (Å²) in [5, 5.41) is 15.3. The van der Waals surface area contributed by atoms with E-state index in [1.54, 1.807) is 20.8 Å². The molecule has 1 aromatic carbocycles. The zero-order valence-electron chi connectivity index (χ0n) is 21.5. The van der Waals surface area contributed by atoms with Gasteiger partial charge in [0.25, 0.3) is 0 Å². The van der Waals surface area contributed by atoms with Crippen molar-refractivity contribution in [2.75, 3.05) is 6.61 Å². The number of aryl methyl sites for hydroxylation is 2. The second-order valence-corrected chi connectivity index (χ2v) is 9.81. The van der Waals surface area contributed by atoms with Crippen LogP contribution in [0, 0.1) is 13.8 Å². The van der Waals surface area contributed by atoms with Gasteiger partial charge < -0.3 is 25.4 Å². The number of amides is 3. The summed E-state index contributed by atoms with van der Waals surface area (Å²) in [6.07, 6.45) is -0.235. The summed E-state index contributed by atoms with van der Waals surface area (Å²) >= 11 is 0. The molecule has 0 aliphatic heterocycles. The number of nitrogens with zero attached hydrogens (tertiary/aromatic N) is 1.